The number of unbranched alkanes of at least 4 members (excludes halogenated alkanes) is 5. The van der Waals surface area contributed by atoms with E-state index < -0.39 is 11.9 Å². The Balaban J connectivity index is 0. The fraction of sp³-hybridized carbons (Fsp3) is 0.600. The minimum Gasteiger partial charge on any atom is -0.481 e. The first-order chi connectivity index (χ1) is 9.04. The fourth-order valence-corrected chi connectivity index (χ4v) is 1.32. The van der Waals surface area contributed by atoms with Gasteiger partial charge in [-0.05, 0) is 32.1 Å². The molecule has 0 radical (unpaired) electrons. The van der Waals surface area contributed by atoms with E-state index in [2.05, 4.69) is 13.2 Å². The molecule has 110 valence electrons. The van der Waals surface area contributed by atoms with Gasteiger partial charge in [0.2, 0.25) is 0 Å². The highest BCUT2D eigenvalue weighted by Crippen LogP contribution is 2.05. The van der Waals surface area contributed by atoms with Gasteiger partial charge in [0.15, 0.2) is 0 Å². The van der Waals surface area contributed by atoms with Gasteiger partial charge in [-0.3, -0.25) is 9.59 Å². The minimum absolute atomic E-state index is 0.256. The van der Waals surface area contributed by atoms with Crippen LogP contribution < -0.4 is 0 Å². The summed E-state index contributed by atoms with van der Waals surface area (Å²) in [5.41, 5.74) is 0. The molecule has 0 aliphatic carbocycles. The average Bonchev–Trinajstić information content (AvgIpc) is 2.34. The zero-order valence-electron chi connectivity index (χ0n) is 11.6. The molecule has 0 spiro atoms. The van der Waals surface area contributed by atoms with Gasteiger partial charge in [0.05, 0.1) is 0 Å². The second-order valence-electron chi connectivity index (χ2n) is 4.21. The highest BCUT2D eigenvalue weighted by atomic mass is 16.4. The van der Waals surface area contributed by atoms with Gasteiger partial charge in [0.25, 0.3) is 0 Å². The maximum absolute atomic E-state index is 10.1. The van der Waals surface area contributed by atoms with Gasteiger partial charge >= 0.3 is 11.9 Å². The molecule has 0 saturated heterocycles. The van der Waals surface area contributed by atoms with E-state index in [-0.39, 0.29) is 6.42 Å². The minimum atomic E-state index is -0.730. The highest BCUT2D eigenvalue weighted by molar-refractivity contribution is 5.66. The first kappa shape index (κ1) is 19.8. The third-order valence-corrected chi connectivity index (χ3v) is 2.35. The summed E-state index contributed by atoms with van der Waals surface area (Å²) < 4.78 is 0. The lowest BCUT2D eigenvalue weighted by atomic mass is 10.1. The molecule has 0 aromatic carbocycles. The highest BCUT2D eigenvalue weighted by Gasteiger charge is 1.95. The molecular formula is C15H26O4. The topological polar surface area (TPSA) is 74.6 Å². The van der Waals surface area contributed by atoms with Crippen LogP contribution in [-0.4, -0.2) is 22.2 Å². The van der Waals surface area contributed by atoms with Gasteiger partial charge in [0.1, 0.15) is 0 Å². The van der Waals surface area contributed by atoms with Gasteiger partial charge < -0.3 is 10.2 Å². The summed E-state index contributed by atoms with van der Waals surface area (Å²) in [6, 6.07) is 0. The van der Waals surface area contributed by atoms with Crippen LogP contribution >= 0.6 is 0 Å². The molecule has 0 aromatic heterocycles. The Morgan fingerprint density at radius 3 is 1.63 bits per heavy atom. The van der Waals surface area contributed by atoms with Crippen molar-refractivity contribution in [2.45, 2.75) is 57.8 Å². The number of carboxylic acids is 2. The van der Waals surface area contributed by atoms with Crippen LogP contribution in [0.2, 0.25) is 0 Å². The zero-order valence-corrected chi connectivity index (χ0v) is 11.6. The molecule has 0 unspecified atom stereocenters. The lowest BCUT2D eigenvalue weighted by Crippen LogP contribution is -1.93. The Bertz CT molecular complexity index is 259. The fourth-order valence-electron chi connectivity index (χ4n) is 1.32. The van der Waals surface area contributed by atoms with E-state index in [4.69, 9.17) is 10.2 Å². The van der Waals surface area contributed by atoms with Crippen LogP contribution in [0.5, 0.6) is 0 Å². The maximum atomic E-state index is 10.1. The van der Waals surface area contributed by atoms with Crippen molar-refractivity contribution in [3.63, 3.8) is 0 Å². The molecule has 0 saturated carbocycles. The van der Waals surface area contributed by atoms with Crippen molar-refractivity contribution < 1.29 is 19.8 Å². The van der Waals surface area contributed by atoms with Crippen LogP contribution in [-0.2, 0) is 9.59 Å². The smallest absolute Gasteiger partial charge is 0.303 e. The number of allylic oxidation sites excluding steroid dienone is 2. The monoisotopic (exact) mass is 270 g/mol. The normalized spacial score (nSPS) is 9.05. The van der Waals surface area contributed by atoms with Gasteiger partial charge in [-0.2, -0.15) is 0 Å². The molecule has 0 rings (SSSR count). The molecule has 0 aliphatic heterocycles. The molecule has 0 aliphatic rings. The van der Waals surface area contributed by atoms with Crippen LogP contribution in [0.25, 0.3) is 0 Å². The van der Waals surface area contributed by atoms with Crippen molar-refractivity contribution in [3.05, 3.63) is 25.3 Å². The Kier molecular flexibility index (Phi) is 17.1. The molecule has 0 amide bonds. The average molecular weight is 270 g/mol. The van der Waals surface area contributed by atoms with E-state index in [0.29, 0.717) is 12.8 Å². The first-order valence-corrected chi connectivity index (χ1v) is 6.70. The van der Waals surface area contributed by atoms with Gasteiger partial charge in [-0.25, -0.2) is 0 Å². The molecule has 0 fully saturated rings. The van der Waals surface area contributed by atoms with E-state index in [0.717, 1.165) is 38.5 Å². The second kappa shape index (κ2) is 16.4. The van der Waals surface area contributed by atoms with Crippen molar-refractivity contribution in [2.75, 3.05) is 0 Å². The number of carbonyl (C=O) groups is 2. The SMILES string of the molecule is C=CCCCC(=O)O.C=CCCCCCCC(=O)O. The van der Waals surface area contributed by atoms with Crippen molar-refractivity contribution >= 4 is 11.9 Å². The number of hydrogen-bond donors (Lipinski definition) is 2. The van der Waals surface area contributed by atoms with Crippen LogP contribution in [0, 0.1) is 0 Å². The third kappa shape index (κ3) is 26.2. The van der Waals surface area contributed by atoms with Crippen molar-refractivity contribution in [2.24, 2.45) is 0 Å². The first-order valence-electron chi connectivity index (χ1n) is 6.70. The summed E-state index contributed by atoms with van der Waals surface area (Å²) in [4.78, 5) is 19.9. The second-order valence-corrected chi connectivity index (χ2v) is 4.21. The molecule has 0 heterocycles. The molecule has 0 aromatic rings. The van der Waals surface area contributed by atoms with Crippen LogP contribution in [0.3, 0.4) is 0 Å². The Hall–Kier alpha value is -1.58. The van der Waals surface area contributed by atoms with E-state index in [1.165, 1.54) is 0 Å². The number of aliphatic carboxylic acids is 2. The predicted molar refractivity (Wildman–Crippen MR) is 77.2 cm³/mol. The Labute approximate surface area is 115 Å². The number of rotatable bonds is 11. The predicted octanol–water partition coefficient (Wildman–Crippen LogP) is 4.02. The lowest BCUT2D eigenvalue weighted by Gasteiger charge is -1.95. The standard InChI is InChI=1S/C9H16O2.C6H10O2/c1-2-3-4-5-6-7-8-9(10)11;1-2-3-4-5-6(7)8/h2H,1,3-8H2,(H,10,11);2H,1,3-5H2,(H,7,8). The van der Waals surface area contributed by atoms with E-state index >= 15 is 0 Å². The van der Waals surface area contributed by atoms with Gasteiger partial charge in [-0.15, -0.1) is 13.2 Å². The summed E-state index contributed by atoms with van der Waals surface area (Å²) in [5, 5.41) is 16.4. The van der Waals surface area contributed by atoms with E-state index in [9.17, 15) is 9.59 Å². The molecule has 2 N–H and O–H groups in total. The third-order valence-electron chi connectivity index (χ3n) is 2.35. The van der Waals surface area contributed by atoms with Crippen molar-refractivity contribution in [1.29, 1.82) is 0 Å². The molecule has 4 nitrogen and oxygen atoms in total. The van der Waals surface area contributed by atoms with E-state index in [1.54, 1.807) is 6.08 Å². The quantitative estimate of drug-likeness (QED) is 0.439. The Morgan fingerprint density at radius 1 is 0.737 bits per heavy atom. The molecule has 0 atom stereocenters. The summed E-state index contributed by atoms with van der Waals surface area (Å²) >= 11 is 0. The molecule has 0 bridgehead atoms. The van der Waals surface area contributed by atoms with Crippen LogP contribution in [0.15, 0.2) is 25.3 Å². The Morgan fingerprint density at radius 2 is 1.16 bits per heavy atom. The number of carboxylic acid groups (broad SMARTS) is 2. The summed E-state index contributed by atoms with van der Waals surface area (Å²) in [7, 11) is 0. The zero-order chi connectivity index (χ0) is 14.9. The molecule has 4 heteroatoms. The van der Waals surface area contributed by atoms with Crippen molar-refractivity contribution in [1.82, 2.24) is 0 Å². The van der Waals surface area contributed by atoms with Crippen LogP contribution in [0.1, 0.15) is 57.8 Å². The number of hydrogen-bond acceptors (Lipinski definition) is 2. The van der Waals surface area contributed by atoms with Gasteiger partial charge in [-0.1, -0.05) is 25.0 Å². The van der Waals surface area contributed by atoms with E-state index in [1.807, 2.05) is 6.08 Å². The molecular weight excluding hydrogens is 244 g/mol. The largest absolute Gasteiger partial charge is 0.481 e. The summed E-state index contributed by atoms with van der Waals surface area (Å²) in [6.45, 7) is 7.08. The van der Waals surface area contributed by atoms with Crippen molar-refractivity contribution in [3.8, 4) is 0 Å². The molecule has 19 heavy (non-hydrogen) atoms. The lowest BCUT2D eigenvalue weighted by molar-refractivity contribution is -0.138. The van der Waals surface area contributed by atoms with Crippen LogP contribution in [0.4, 0.5) is 0 Å². The summed E-state index contributed by atoms with van der Waals surface area (Å²) in [5.74, 6) is -1.42. The van der Waals surface area contributed by atoms with Gasteiger partial charge in [0, 0.05) is 12.8 Å². The summed E-state index contributed by atoms with van der Waals surface area (Å²) in [6.07, 6.45) is 10.9. The maximum Gasteiger partial charge on any atom is 0.303 e.